The number of hydrogen-bond acceptors (Lipinski definition) is 4. The predicted octanol–water partition coefficient (Wildman–Crippen LogP) is 3.03. The zero-order chi connectivity index (χ0) is 19.6. The van der Waals surface area contributed by atoms with Crippen LogP contribution in [0.2, 0.25) is 0 Å². The zero-order valence-corrected chi connectivity index (χ0v) is 16.1. The molecule has 2 aromatic carbocycles. The van der Waals surface area contributed by atoms with Gasteiger partial charge < -0.3 is 19.3 Å². The van der Waals surface area contributed by atoms with E-state index in [1.165, 1.54) is 0 Å². The SMILES string of the molecule is COc1ccc(N2CC(C(=O)N(C)c3ccc(C)cc3)CC2=O)c(OC)c1. The predicted molar refractivity (Wildman–Crippen MR) is 105 cm³/mol. The average Bonchev–Trinajstić information content (AvgIpc) is 3.08. The van der Waals surface area contributed by atoms with Crippen molar-refractivity contribution in [2.45, 2.75) is 13.3 Å². The Hall–Kier alpha value is -3.02. The van der Waals surface area contributed by atoms with E-state index in [0.717, 1.165) is 11.3 Å². The van der Waals surface area contributed by atoms with Gasteiger partial charge in [-0.1, -0.05) is 17.7 Å². The van der Waals surface area contributed by atoms with Crippen molar-refractivity contribution in [3.8, 4) is 11.5 Å². The summed E-state index contributed by atoms with van der Waals surface area (Å²) >= 11 is 0. The van der Waals surface area contributed by atoms with Gasteiger partial charge >= 0.3 is 0 Å². The number of benzene rings is 2. The third-order valence-corrected chi connectivity index (χ3v) is 4.90. The molecule has 0 aliphatic carbocycles. The molecule has 1 unspecified atom stereocenters. The van der Waals surface area contributed by atoms with E-state index < -0.39 is 5.92 Å². The van der Waals surface area contributed by atoms with E-state index in [1.54, 1.807) is 49.3 Å². The number of amides is 2. The number of carbonyl (C=O) groups excluding carboxylic acids is 2. The normalized spacial score (nSPS) is 16.4. The zero-order valence-electron chi connectivity index (χ0n) is 16.1. The van der Waals surface area contributed by atoms with Gasteiger partial charge in [-0.15, -0.1) is 0 Å². The minimum Gasteiger partial charge on any atom is -0.497 e. The van der Waals surface area contributed by atoms with E-state index in [1.807, 2.05) is 31.2 Å². The van der Waals surface area contributed by atoms with Crippen LogP contribution in [-0.4, -0.2) is 39.6 Å². The van der Waals surface area contributed by atoms with Gasteiger partial charge in [-0.2, -0.15) is 0 Å². The minimum atomic E-state index is -0.393. The molecular weight excluding hydrogens is 344 g/mol. The van der Waals surface area contributed by atoms with E-state index in [2.05, 4.69) is 0 Å². The van der Waals surface area contributed by atoms with Gasteiger partial charge in [0, 0.05) is 31.8 Å². The van der Waals surface area contributed by atoms with Crippen LogP contribution in [0.15, 0.2) is 42.5 Å². The number of aryl methyl sites for hydroxylation is 1. The number of nitrogens with zero attached hydrogens (tertiary/aromatic N) is 2. The summed E-state index contributed by atoms with van der Waals surface area (Å²) in [4.78, 5) is 28.7. The highest BCUT2D eigenvalue weighted by Crippen LogP contribution is 2.36. The molecule has 0 N–H and O–H groups in total. The summed E-state index contributed by atoms with van der Waals surface area (Å²) < 4.78 is 10.6. The standard InChI is InChI=1S/C21H24N2O4/c1-14-5-7-16(8-6-14)22(2)21(25)15-11-20(24)23(13-15)18-10-9-17(26-3)12-19(18)27-4/h5-10,12,15H,11,13H2,1-4H3. The van der Waals surface area contributed by atoms with Gasteiger partial charge in [-0.05, 0) is 31.2 Å². The van der Waals surface area contributed by atoms with Crippen molar-refractivity contribution in [1.29, 1.82) is 0 Å². The van der Waals surface area contributed by atoms with Gasteiger partial charge in [0.25, 0.3) is 0 Å². The minimum absolute atomic E-state index is 0.0674. The Labute approximate surface area is 159 Å². The highest BCUT2D eigenvalue weighted by molar-refractivity contribution is 6.04. The highest BCUT2D eigenvalue weighted by Gasteiger charge is 2.37. The third kappa shape index (κ3) is 3.74. The number of rotatable bonds is 5. The van der Waals surface area contributed by atoms with Crippen LogP contribution >= 0.6 is 0 Å². The van der Waals surface area contributed by atoms with E-state index in [4.69, 9.17) is 9.47 Å². The van der Waals surface area contributed by atoms with Crippen LogP contribution < -0.4 is 19.3 Å². The maximum Gasteiger partial charge on any atom is 0.232 e. The topological polar surface area (TPSA) is 59.1 Å². The Morgan fingerprint density at radius 2 is 1.81 bits per heavy atom. The molecule has 6 nitrogen and oxygen atoms in total. The molecule has 142 valence electrons. The largest absolute Gasteiger partial charge is 0.497 e. The lowest BCUT2D eigenvalue weighted by Crippen LogP contribution is -2.34. The lowest BCUT2D eigenvalue weighted by molar-refractivity contribution is -0.124. The molecule has 1 saturated heterocycles. The van der Waals surface area contributed by atoms with Crippen molar-refractivity contribution in [3.63, 3.8) is 0 Å². The lowest BCUT2D eigenvalue weighted by Gasteiger charge is -2.22. The summed E-state index contributed by atoms with van der Waals surface area (Å²) in [6, 6.07) is 13.0. The molecule has 1 aliphatic rings. The molecule has 6 heteroatoms. The van der Waals surface area contributed by atoms with Gasteiger partial charge in [0.2, 0.25) is 11.8 Å². The van der Waals surface area contributed by atoms with Crippen molar-refractivity contribution >= 4 is 23.2 Å². The van der Waals surface area contributed by atoms with Gasteiger partial charge in [0.1, 0.15) is 11.5 Å². The second-order valence-corrected chi connectivity index (χ2v) is 6.68. The molecule has 1 atom stereocenters. The first-order chi connectivity index (χ1) is 12.9. The summed E-state index contributed by atoms with van der Waals surface area (Å²) in [5.41, 5.74) is 2.60. The molecule has 3 rings (SSSR count). The molecule has 1 heterocycles. The number of carbonyl (C=O) groups is 2. The molecule has 0 saturated carbocycles. The van der Waals surface area contributed by atoms with Crippen LogP contribution in [0.25, 0.3) is 0 Å². The van der Waals surface area contributed by atoms with E-state index in [-0.39, 0.29) is 18.2 Å². The van der Waals surface area contributed by atoms with Gasteiger partial charge in [0.15, 0.2) is 0 Å². The molecule has 0 bridgehead atoms. The van der Waals surface area contributed by atoms with Gasteiger partial charge in [0.05, 0.1) is 25.8 Å². The average molecular weight is 368 g/mol. The van der Waals surface area contributed by atoms with Crippen LogP contribution in [0.1, 0.15) is 12.0 Å². The quantitative estimate of drug-likeness (QED) is 0.814. The first kappa shape index (κ1) is 18.8. The van der Waals surface area contributed by atoms with Crippen LogP contribution in [-0.2, 0) is 9.59 Å². The number of ether oxygens (including phenoxy) is 2. The number of anilines is 2. The van der Waals surface area contributed by atoms with Crippen LogP contribution in [0, 0.1) is 12.8 Å². The molecule has 1 fully saturated rings. The van der Waals surface area contributed by atoms with Crippen molar-refractivity contribution in [1.82, 2.24) is 0 Å². The molecular formula is C21H24N2O4. The Morgan fingerprint density at radius 1 is 1.11 bits per heavy atom. The Kier molecular flexibility index (Phi) is 5.35. The first-order valence-corrected chi connectivity index (χ1v) is 8.81. The molecule has 27 heavy (non-hydrogen) atoms. The van der Waals surface area contributed by atoms with Crippen molar-refractivity contribution < 1.29 is 19.1 Å². The van der Waals surface area contributed by atoms with E-state index in [9.17, 15) is 9.59 Å². The Morgan fingerprint density at radius 3 is 2.44 bits per heavy atom. The number of hydrogen-bond donors (Lipinski definition) is 0. The fourth-order valence-electron chi connectivity index (χ4n) is 3.28. The van der Waals surface area contributed by atoms with Crippen LogP contribution in [0.4, 0.5) is 11.4 Å². The van der Waals surface area contributed by atoms with Gasteiger partial charge in [-0.3, -0.25) is 9.59 Å². The van der Waals surface area contributed by atoms with Crippen molar-refractivity contribution in [2.24, 2.45) is 5.92 Å². The Balaban J connectivity index is 1.79. The molecule has 0 spiro atoms. The number of methoxy groups -OCH3 is 2. The summed E-state index contributed by atoms with van der Waals surface area (Å²) in [7, 11) is 4.87. The first-order valence-electron chi connectivity index (χ1n) is 8.81. The summed E-state index contributed by atoms with van der Waals surface area (Å²) in [6.45, 7) is 2.33. The fraction of sp³-hybridized carbons (Fsp3) is 0.333. The maximum absolute atomic E-state index is 12.9. The van der Waals surface area contributed by atoms with Crippen molar-refractivity contribution in [2.75, 3.05) is 37.6 Å². The summed E-state index contributed by atoms with van der Waals surface area (Å²) in [5, 5.41) is 0. The Bertz CT molecular complexity index is 848. The molecule has 1 aliphatic heterocycles. The third-order valence-electron chi connectivity index (χ3n) is 4.90. The molecule has 2 amide bonds. The smallest absolute Gasteiger partial charge is 0.232 e. The second kappa shape index (κ2) is 7.70. The molecule has 2 aromatic rings. The maximum atomic E-state index is 12.9. The molecule has 0 radical (unpaired) electrons. The lowest BCUT2D eigenvalue weighted by atomic mass is 10.1. The van der Waals surface area contributed by atoms with Crippen LogP contribution in [0.3, 0.4) is 0 Å². The van der Waals surface area contributed by atoms with E-state index >= 15 is 0 Å². The highest BCUT2D eigenvalue weighted by atomic mass is 16.5. The second-order valence-electron chi connectivity index (χ2n) is 6.68. The van der Waals surface area contributed by atoms with Crippen molar-refractivity contribution in [3.05, 3.63) is 48.0 Å². The molecule has 0 aromatic heterocycles. The van der Waals surface area contributed by atoms with Gasteiger partial charge in [-0.25, -0.2) is 0 Å². The summed E-state index contributed by atoms with van der Waals surface area (Å²) in [6.07, 6.45) is 0.185. The fourth-order valence-corrected chi connectivity index (χ4v) is 3.28. The van der Waals surface area contributed by atoms with Crippen LogP contribution in [0.5, 0.6) is 11.5 Å². The monoisotopic (exact) mass is 368 g/mol. The summed E-state index contributed by atoms with van der Waals surface area (Å²) in [5.74, 6) is 0.642. The van der Waals surface area contributed by atoms with E-state index in [0.29, 0.717) is 23.7 Å².